The Morgan fingerprint density at radius 3 is 2.48 bits per heavy atom. The largest absolute Gasteiger partial charge is 0.439 e. The minimum absolute atomic E-state index is 0.338. The Kier molecular flexibility index (Phi) is 4.70. The van der Waals surface area contributed by atoms with E-state index in [-0.39, 0.29) is 5.56 Å². The average molecular weight is 340 g/mol. The van der Waals surface area contributed by atoms with E-state index in [1.54, 1.807) is 12.1 Å². The molecule has 0 aliphatic carbocycles. The number of pyridine rings is 1. The van der Waals surface area contributed by atoms with E-state index in [4.69, 9.17) is 4.74 Å². The monoisotopic (exact) mass is 340 g/mol. The Hall–Kier alpha value is -3.28. The highest BCUT2D eigenvalue weighted by atomic mass is 19.2. The van der Waals surface area contributed by atoms with Crippen LogP contribution in [-0.4, -0.2) is 10.9 Å². The van der Waals surface area contributed by atoms with Crippen molar-refractivity contribution >= 4 is 11.6 Å². The summed E-state index contributed by atoms with van der Waals surface area (Å²) in [5, 5.41) is 2.46. The van der Waals surface area contributed by atoms with Gasteiger partial charge in [0, 0.05) is 6.07 Å². The van der Waals surface area contributed by atoms with E-state index in [0.717, 1.165) is 11.6 Å². The summed E-state index contributed by atoms with van der Waals surface area (Å²) in [5.41, 5.74) is 1.08. The summed E-state index contributed by atoms with van der Waals surface area (Å²) in [6.45, 7) is 1.97. The molecule has 2 aromatic carbocycles. The molecule has 0 spiro atoms. The number of aryl methyl sites for hydroxylation is 1. The van der Waals surface area contributed by atoms with Crippen LogP contribution < -0.4 is 10.1 Å². The number of carbonyl (C=O) groups excluding carboxylic acids is 1. The van der Waals surface area contributed by atoms with Crippen LogP contribution in [0.3, 0.4) is 0 Å². The highest BCUT2D eigenvalue weighted by Gasteiger charge is 2.15. The van der Waals surface area contributed by atoms with Gasteiger partial charge in [-0.1, -0.05) is 23.8 Å². The Balaban J connectivity index is 1.69. The number of hydrogen-bond donors (Lipinski definition) is 1. The van der Waals surface area contributed by atoms with Crippen molar-refractivity contribution < 1.29 is 18.3 Å². The van der Waals surface area contributed by atoms with E-state index in [1.807, 2.05) is 31.2 Å². The van der Waals surface area contributed by atoms with E-state index in [0.29, 0.717) is 17.3 Å². The van der Waals surface area contributed by atoms with Gasteiger partial charge >= 0.3 is 0 Å². The lowest BCUT2D eigenvalue weighted by Gasteiger charge is -2.08. The van der Waals surface area contributed by atoms with Gasteiger partial charge < -0.3 is 10.1 Å². The van der Waals surface area contributed by atoms with Gasteiger partial charge in [0.15, 0.2) is 11.6 Å². The molecule has 1 amide bonds. The number of nitrogens with zero attached hydrogens (tertiary/aromatic N) is 1. The fourth-order valence-electron chi connectivity index (χ4n) is 2.12. The SMILES string of the molecule is Cc1ccc(Oc2ccc(NC(=O)c3cccc(F)c3F)cn2)cc1. The highest BCUT2D eigenvalue weighted by molar-refractivity contribution is 6.04. The number of benzene rings is 2. The lowest BCUT2D eigenvalue weighted by molar-refractivity contribution is 0.102. The number of nitrogens with one attached hydrogen (secondary N) is 1. The third kappa shape index (κ3) is 3.98. The molecule has 6 heteroatoms. The molecule has 1 heterocycles. The zero-order valence-corrected chi connectivity index (χ0v) is 13.3. The highest BCUT2D eigenvalue weighted by Crippen LogP contribution is 2.21. The summed E-state index contributed by atoms with van der Waals surface area (Å²) in [7, 11) is 0. The molecule has 0 aliphatic rings. The molecule has 0 aliphatic heterocycles. The fourth-order valence-corrected chi connectivity index (χ4v) is 2.12. The first-order chi connectivity index (χ1) is 12.0. The summed E-state index contributed by atoms with van der Waals surface area (Å²) < 4.78 is 32.4. The molecule has 25 heavy (non-hydrogen) atoms. The van der Waals surface area contributed by atoms with E-state index in [2.05, 4.69) is 10.3 Å². The summed E-state index contributed by atoms with van der Waals surface area (Å²) >= 11 is 0. The molecule has 1 N–H and O–H groups in total. The van der Waals surface area contributed by atoms with Crippen LogP contribution in [0.15, 0.2) is 60.8 Å². The molecule has 126 valence electrons. The number of anilines is 1. The van der Waals surface area contributed by atoms with Crippen molar-refractivity contribution in [3.05, 3.63) is 83.6 Å². The number of ether oxygens (including phenoxy) is 1. The summed E-state index contributed by atoms with van der Waals surface area (Å²) in [5.74, 6) is -2.04. The second-order valence-electron chi connectivity index (χ2n) is 5.36. The van der Waals surface area contributed by atoms with Crippen LogP contribution >= 0.6 is 0 Å². The summed E-state index contributed by atoms with van der Waals surface area (Å²) in [6, 6.07) is 14.0. The van der Waals surface area contributed by atoms with Crippen molar-refractivity contribution in [1.82, 2.24) is 4.98 Å². The lowest BCUT2D eigenvalue weighted by atomic mass is 10.2. The minimum Gasteiger partial charge on any atom is -0.439 e. The predicted octanol–water partition coefficient (Wildman–Crippen LogP) is 4.71. The zero-order chi connectivity index (χ0) is 17.8. The number of aromatic nitrogens is 1. The fraction of sp³-hybridized carbons (Fsp3) is 0.0526. The van der Waals surface area contributed by atoms with Gasteiger partial charge in [0.05, 0.1) is 17.4 Å². The van der Waals surface area contributed by atoms with Gasteiger partial charge in [0.2, 0.25) is 5.88 Å². The van der Waals surface area contributed by atoms with Crippen molar-refractivity contribution in [2.24, 2.45) is 0 Å². The second kappa shape index (κ2) is 7.09. The van der Waals surface area contributed by atoms with Gasteiger partial charge in [-0.25, -0.2) is 13.8 Å². The van der Waals surface area contributed by atoms with E-state index in [1.165, 1.54) is 18.3 Å². The molecule has 3 rings (SSSR count). The maximum Gasteiger partial charge on any atom is 0.258 e. The van der Waals surface area contributed by atoms with Gasteiger partial charge in [0.1, 0.15) is 5.75 Å². The van der Waals surface area contributed by atoms with Crippen molar-refractivity contribution in [3.8, 4) is 11.6 Å². The van der Waals surface area contributed by atoms with Crippen molar-refractivity contribution in [2.75, 3.05) is 5.32 Å². The number of halogens is 2. The number of amides is 1. The van der Waals surface area contributed by atoms with Crippen LogP contribution in [0.1, 0.15) is 15.9 Å². The molecule has 0 atom stereocenters. The van der Waals surface area contributed by atoms with Crippen LogP contribution in [-0.2, 0) is 0 Å². The molecule has 0 unspecified atom stereocenters. The lowest BCUT2D eigenvalue weighted by Crippen LogP contribution is -2.14. The Bertz CT molecular complexity index is 894. The van der Waals surface area contributed by atoms with Gasteiger partial charge in [-0.3, -0.25) is 4.79 Å². The van der Waals surface area contributed by atoms with Crippen molar-refractivity contribution in [3.63, 3.8) is 0 Å². The minimum atomic E-state index is -1.19. The molecular formula is C19H14F2N2O2. The maximum absolute atomic E-state index is 13.6. The number of rotatable bonds is 4. The molecule has 0 radical (unpaired) electrons. The Morgan fingerprint density at radius 1 is 1.04 bits per heavy atom. The van der Waals surface area contributed by atoms with Gasteiger partial charge in [-0.2, -0.15) is 0 Å². The molecule has 0 bridgehead atoms. The van der Waals surface area contributed by atoms with Crippen molar-refractivity contribution in [2.45, 2.75) is 6.92 Å². The molecule has 0 fully saturated rings. The molecule has 0 saturated carbocycles. The van der Waals surface area contributed by atoms with E-state index >= 15 is 0 Å². The average Bonchev–Trinajstić information content (AvgIpc) is 2.61. The first-order valence-electron chi connectivity index (χ1n) is 7.49. The molecule has 3 aromatic rings. The number of hydrogen-bond acceptors (Lipinski definition) is 3. The maximum atomic E-state index is 13.6. The van der Waals surface area contributed by atoms with Gasteiger partial charge in [0.25, 0.3) is 5.91 Å². The third-order valence-electron chi connectivity index (χ3n) is 3.43. The first kappa shape index (κ1) is 16.6. The Labute approximate surface area is 143 Å². The first-order valence-corrected chi connectivity index (χ1v) is 7.49. The predicted molar refractivity (Wildman–Crippen MR) is 89.8 cm³/mol. The zero-order valence-electron chi connectivity index (χ0n) is 13.3. The Morgan fingerprint density at radius 2 is 1.80 bits per heavy atom. The molecule has 0 saturated heterocycles. The third-order valence-corrected chi connectivity index (χ3v) is 3.43. The van der Waals surface area contributed by atoms with Crippen LogP contribution in [0, 0.1) is 18.6 Å². The van der Waals surface area contributed by atoms with Crippen LogP contribution in [0.5, 0.6) is 11.6 Å². The summed E-state index contributed by atoms with van der Waals surface area (Å²) in [6.07, 6.45) is 1.37. The molecular weight excluding hydrogens is 326 g/mol. The van der Waals surface area contributed by atoms with E-state index in [9.17, 15) is 13.6 Å². The standard InChI is InChI=1S/C19H14F2N2O2/c1-12-5-8-14(9-6-12)25-17-10-7-13(11-22-17)23-19(24)15-3-2-4-16(20)18(15)21/h2-11H,1H3,(H,23,24). The van der Waals surface area contributed by atoms with Crippen molar-refractivity contribution in [1.29, 1.82) is 0 Å². The molecule has 1 aromatic heterocycles. The quantitative estimate of drug-likeness (QED) is 0.748. The summed E-state index contributed by atoms with van der Waals surface area (Å²) in [4.78, 5) is 16.1. The van der Waals surface area contributed by atoms with Crippen LogP contribution in [0.4, 0.5) is 14.5 Å². The molecule has 4 nitrogen and oxygen atoms in total. The topological polar surface area (TPSA) is 51.2 Å². The van der Waals surface area contributed by atoms with E-state index < -0.39 is 17.5 Å². The second-order valence-corrected chi connectivity index (χ2v) is 5.36. The van der Waals surface area contributed by atoms with Gasteiger partial charge in [-0.15, -0.1) is 0 Å². The van der Waals surface area contributed by atoms with Crippen LogP contribution in [0.25, 0.3) is 0 Å². The number of carbonyl (C=O) groups is 1. The normalized spacial score (nSPS) is 10.4. The van der Waals surface area contributed by atoms with Crippen LogP contribution in [0.2, 0.25) is 0 Å². The smallest absolute Gasteiger partial charge is 0.258 e. The van der Waals surface area contributed by atoms with Gasteiger partial charge in [-0.05, 0) is 37.3 Å².